The molecule has 1 aromatic carbocycles. The third-order valence-electron chi connectivity index (χ3n) is 4.44. The average molecular weight is 383 g/mol. The maximum Gasteiger partial charge on any atom is 0.246 e. The molecule has 1 aromatic heterocycles. The summed E-state index contributed by atoms with van der Waals surface area (Å²) in [6.07, 6.45) is 0. The fourth-order valence-electron chi connectivity index (χ4n) is 3.15. The van der Waals surface area contributed by atoms with Gasteiger partial charge in [0.15, 0.2) is 5.76 Å². The third kappa shape index (κ3) is 4.12. The number of aryl methyl sites for hydroxylation is 2. The quantitative estimate of drug-likeness (QED) is 0.819. The molecule has 1 aliphatic heterocycles. The van der Waals surface area contributed by atoms with Crippen LogP contribution in [0.4, 0.5) is 4.39 Å². The second-order valence-corrected chi connectivity index (χ2v) is 7.92. The number of hydrogen-bond acceptors (Lipinski definition) is 6. The number of rotatable bonds is 6. The topological polar surface area (TPSA) is 84.7 Å². The number of ether oxygens (including phenoxy) is 1. The lowest BCUT2D eigenvalue weighted by molar-refractivity contribution is 0.0172. The molecule has 9 heteroatoms. The van der Waals surface area contributed by atoms with Crippen molar-refractivity contribution in [3.63, 3.8) is 0 Å². The Morgan fingerprint density at radius 2 is 1.88 bits per heavy atom. The van der Waals surface area contributed by atoms with Crippen LogP contribution in [0.3, 0.4) is 0 Å². The van der Waals surface area contributed by atoms with Gasteiger partial charge in [0.25, 0.3) is 0 Å². The highest BCUT2D eigenvalue weighted by molar-refractivity contribution is 7.89. The number of sulfonamides is 1. The van der Waals surface area contributed by atoms with Crippen LogP contribution in [0.2, 0.25) is 0 Å². The Labute approximate surface area is 152 Å². The molecule has 2 heterocycles. The number of benzene rings is 1. The first-order chi connectivity index (χ1) is 12.4. The van der Waals surface area contributed by atoms with Crippen molar-refractivity contribution in [3.05, 3.63) is 47.1 Å². The van der Waals surface area contributed by atoms with E-state index in [2.05, 4.69) is 14.8 Å². The summed E-state index contributed by atoms with van der Waals surface area (Å²) in [6.45, 7) is 5.81. The van der Waals surface area contributed by atoms with Gasteiger partial charge in [0.1, 0.15) is 16.4 Å². The van der Waals surface area contributed by atoms with Crippen LogP contribution >= 0.6 is 0 Å². The molecule has 1 saturated heterocycles. The minimum Gasteiger partial charge on any atom is -0.379 e. The first kappa shape index (κ1) is 19.0. The van der Waals surface area contributed by atoms with Gasteiger partial charge in [-0.05, 0) is 31.5 Å². The molecule has 3 rings (SSSR count). The minimum atomic E-state index is -3.77. The maximum absolute atomic E-state index is 13.3. The predicted molar refractivity (Wildman–Crippen MR) is 92.7 cm³/mol. The second-order valence-electron chi connectivity index (χ2n) is 6.22. The zero-order chi connectivity index (χ0) is 18.7. The van der Waals surface area contributed by atoms with Gasteiger partial charge < -0.3 is 9.26 Å². The summed E-state index contributed by atoms with van der Waals surface area (Å²) in [5.41, 5.74) is 1.16. The first-order valence-electron chi connectivity index (χ1n) is 8.38. The van der Waals surface area contributed by atoms with Crippen LogP contribution in [-0.2, 0) is 14.8 Å². The van der Waals surface area contributed by atoms with Gasteiger partial charge in [-0.15, -0.1) is 0 Å². The number of nitrogens with zero attached hydrogens (tertiary/aromatic N) is 2. The number of aromatic nitrogens is 1. The van der Waals surface area contributed by atoms with Crippen LogP contribution in [0, 0.1) is 19.7 Å². The largest absolute Gasteiger partial charge is 0.379 e. The smallest absolute Gasteiger partial charge is 0.246 e. The fourth-order valence-corrected chi connectivity index (χ4v) is 4.51. The van der Waals surface area contributed by atoms with Crippen molar-refractivity contribution in [1.82, 2.24) is 14.8 Å². The number of nitrogens with one attached hydrogen (secondary N) is 1. The van der Waals surface area contributed by atoms with Gasteiger partial charge in [-0.3, -0.25) is 4.90 Å². The third-order valence-corrected chi connectivity index (χ3v) is 6.11. The van der Waals surface area contributed by atoms with E-state index in [1.807, 2.05) is 0 Å². The van der Waals surface area contributed by atoms with Gasteiger partial charge in [0, 0.05) is 25.7 Å². The van der Waals surface area contributed by atoms with Crippen LogP contribution in [0.25, 0.3) is 0 Å². The minimum absolute atomic E-state index is 0.0670. The van der Waals surface area contributed by atoms with Crippen LogP contribution < -0.4 is 4.72 Å². The molecule has 0 saturated carbocycles. The van der Waals surface area contributed by atoms with Gasteiger partial charge >= 0.3 is 0 Å². The molecular formula is C17H22FN3O4S. The van der Waals surface area contributed by atoms with Crippen molar-refractivity contribution >= 4 is 10.0 Å². The maximum atomic E-state index is 13.3. The van der Waals surface area contributed by atoms with Gasteiger partial charge in [0.05, 0.1) is 13.2 Å². The number of hydrogen-bond donors (Lipinski definition) is 1. The van der Waals surface area contributed by atoms with Gasteiger partial charge in [-0.2, -0.15) is 0 Å². The fraction of sp³-hybridized carbons (Fsp3) is 0.471. The van der Waals surface area contributed by atoms with Crippen molar-refractivity contribution in [2.24, 2.45) is 0 Å². The van der Waals surface area contributed by atoms with Crippen LogP contribution in [-0.4, -0.2) is 51.3 Å². The molecule has 0 spiro atoms. The molecule has 1 fully saturated rings. The van der Waals surface area contributed by atoms with Crippen LogP contribution in [0.15, 0.2) is 33.7 Å². The number of halogens is 1. The molecule has 1 unspecified atom stereocenters. The zero-order valence-corrected chi connectivity index (χ0v) is 15.6. The molecular weight excluding hydrogens is 361 g/mol. The highest BCUT2D eigenvalue weighted by Crippen LogP contribution is 2.24. The summed E-state index contributed by atoms with van der Waals surface area (Å²) < 4.78 is 51.7. The summed E-state index contributed by atoms with van der Waals surface area (Å²) >= 11 is 0. The molecule has 1 aliphatic rings. The summed E-state index contributed by atoms with van der Waals surface area (Å²) in [7, 11) is -3.77. The molecule has 26 heavy (non-hydrogen) atoms. The van der Waals surface area contributed by atoms with Crippen molar-refractivity contribution in [2.45, 2.75) is 24.8 Å². The SMILES string of the molecule is Cc1noc(C)c1S(=O)(=O)NCC(c1ccc(F)cc1)N1CCOCC1. The highest BCUT2D eigenvalue weighted by atomic mass is 32.2. The van der Waals surface area contributed by atoms with E-state index >= 15 is 0 Å². The monoisotopic (exact) mass is 383 g/mol. The molecule has 2 aromatic rings. The van der Waals surface area contributed by atoms with Crippen LogP contribution in [0.1, 0.15) is 23.1 Å². The summed E-state index contributed by atoms with van der Waals surface area (Å²) in [4.78, 5) is 2.20. The van der Waals surface area contributed by atoms with Gasteiger partial charge in [-0.25, -0.2) is 17.5 Å². The van der Waals surface area contributed by atoms with E-state index in [1.165, 1.54) is 12.1 Å². The lowest BCUT2D eigenvalue weighted by Gasteiger charge is -2.34. The van der Waals surface area contributed by atoms with E-state index in [1.54, 1.807) is 26.0 Å². The normalized spacial score (nSPS) is 17.3. The Hall–Kier alpha value is -1.81. The van der Waals surface area contributed by atoms with Crippen molar-refractivity contribution in [3.8, 4) is 0 Å². The number of morpholine rings is 1. The van der Waals surface area contributed by atoms with E-state index in [4.69, 9.17) is 9.26 Å². The van der Waals surface area contributed by atoms with E-state index < -0.39 is 10.0 Å². The van der Waals surface area contributed by atoms with Gasteiger partial charge in [0.2, 0.25) is 10.0 Å². The van der Waals surface area contributed by atoms with Crippen LogP contribution in [0.5, 0.6) is 0 Å². The Morgan fingerprint density at radius 3 is 2.46 bits per heavy atom. The van der Waals surface area contributed by atoms with Crippen molar-refractivity contribution in [1.29, 1.82) is 0 Å². The van der Waals surface area contributed by atoms with E-state index in [0.29, 0.717) is 32.0 Å². The van der Waals surface area contributed by atoms with E-state index in [0.717, 1.165) is 5.56 Å². The lowest BCUT2D eigenvalue weighted by atomic mass is 10.0. The molecule has 0 bridgehead atoms. The first-order valence-corrected chi connectivity index (χ1v) is 9.86. The lowest BCUT2D eigenvalue weighted by Crippen LogP contribution is -2.43. The Balaban J connectivity index is 1.82. The van der Waals surface area contributed by atoms with Crippen molar-refractivity contribution < 1.29 is 22.1 Å². The van der Waals surface area contributed by atoms with E-state index in [-0.39, 0.29) is 29.1 Å². The Bertz CT molecular complexity index is 826. The molecule has 1 N–H and O–H groups in total. The molecule has 0 radical (unpaired) electrons. The Morgan fingerprint density at radius 1 is 1.23 bits per heavy atom. The van der Waals surface area contributed by atoms with Gasteiger partial charge in [-0.1, -0.05) is 17.3 Å². The zero-order valence-electron chi connectivity index (χ0n) is 14.7. The summed E-state index contributed by atoms with van der Waals surface area (Å²) in [6, 6.07) is 5.89. The average Bonchev–Trinajstić information content (AvgIpc) is 2.97. The molecule has 142 valence electrons. The summed E-state index contributed by atoms with van der Waals surface area (Å²) in [5.74, 6) is -0.0783. The second kappa shape index (κ2) is 7.83. The molecule has 1 atom stereocenters. The predicted octanol–water partition coefficient (Wildman–Crippen LogP) is 1.78. The van der Waals surface area contributed by atoms with E-state index in [9.17, 15) is 12.8 Å². The standard InChI is InChI=1S/C17H22FN3O4S/c1-12-17(13(2)25-20-12)26(22,23)19-11-16(21-7-9-24-10-8-21)14-3-5-15(18)6-4-14/h3-6,16,19H,7-11H2,1-2H3. The summed E-state index contributed by atoms with van der Waals surface area (Å²) in [5, 5.41) is 3.70. The Kier molecular flexibility index (Phi) is 5.71. The highest BCUT2D eigenvalue weighted by Gasteiger charge is 2.28. The molecule has 0 aliphatic carbocycles. The molecule has 7 nitrogen and oxygen atoms in total. The van der Waals surface area contributed by atoms with Crippen molar-refractivity contribution in [2.75, 3.05) is 32.8 Å². The molecule has 0 amide bonds.